The quantitative estimate of drug-likeness (QED) is 0.437. The molecule has 9 heteroatoms. The fourth-order valence-electron chi connectivity index (χ4n) is 3.60. The molecular weight excluding hydrogens is 394 g/mol. The fourth-order valence-corrected chi connectivity index (χ4v) is 4.85. The molecule has 1 aliphatic carbocycles. The van der Waals surface area contributed by atoms with Gasteiger partial charge in [-0.3, -0.25) is 4.79 Å². The second-order valence-corrected chi connectivity index (χ2v) is 8.55. The molecule has 1 saturated carbocycles. The van der Waals surface area contributed by atoms with Gasteiger partial charge in [-0.15, -0.1) is 21.5 Å². The van der Waals surface area contributed by atoms with E-state index in [-0.39, 0.29) is 5.91 Å². The molecule has 0 radical (unpaired) electrons. The molecule has 1 aliphatic rings. The monoisotopic (exact) mass is 417 g/mol. The first-order chi connectivity index (χ1) is 13.8. The molecule has 7 nitrogen and oxygen atoms in total. The van der Waals surface area contributed by atoms with Crippen LogP contribution in [-0.2, 0) is 6.42 Å². The van der Waals surface area contributed by atoms with Crippen molar-refractivity contribution in [1.82, 2.24) is 25.2 Å². The van der Waals surface area contributed by atoms with E-state index in [2.05, 4.69) is 25.2 Å². The molecule has 0 unspecified atom stereocenters. The van der Waals surface area contributed by atoms with Gasteiger partial charge in [-0.25, -0.2) is 0 Å². The number of aromatic nitrogens is 4. The highest BCUT2D eigenvalue weighted by Gasteiger charge is 2.23. The molecule has 28 heavy (non-hydrogen) atoms. The van der Waals surface area contributed by atoms with Crippen LogP contribution < -0.4 is 5.32 Å². The predicted octanol–water partition coefficient (Wildman–Crippen LogP) is 4.19. The van der Waals surface area contributed by atoms with Crippen LogP contribution in [0.25, 0.3) is 10.6 Å². The lowest BCUT2D eigenvalue weighted by atomic mass is 10.2. The maximum absolute atomic E-state index is 12.3. The Bertz CT molecular complexity index is 913. The number of nitrogens with zero attached hydrogens (tertiary/aromatic N) is 4. The smallest absolute Gasteiger partial charge is 0.273 e. The van der Waals surface area contributed by atoms with E-state index >= 15 is 0 Å². The van der Waals surface area contributed by atoms with E-state index < -0.39 is 0 Å². The Morgan fingerprint density at radius 1 is 1.39 bits per heavy atom. The maximum Gasteiger partial charge on any atom is 0.273 e. The summed E-state index contributed by atoms with van der Waals surface area (Å²) < 4.78 is 7.58. The maximum atomic E-state index is 12.3. The first kappa shape index (κ1) is 19.2. The van der Waals surface area contributed by atoms with Crippen molar-refractivity contribution in [3.05, 3.63) is 35.1 Å². The fraction of sp³-hybridized carbons (Fsp3) is 0.474. The van der Waals surface area contributed by atoms with Gasteiger partial charge < -0.3 is 14.4 Å². The number of rotatable bonds is 8. The SMILES string of the molecule is CSc1nnc(CCCNC(=O)c2cc(-c3cccs3)on2)n1C1CCCC1. The van der Waals surface area contributed by atoms with Gasteiger partial charge in [0.1, 0.15) is 5.82 Å². The third-order valence-electron chi connectivity index (χ3n) is 4.98. The Balaban J connectivity index is 1.30. The van der Waals surface area contributed by atoms with Crippen LogP contribution in [0.4, 0.5) is 0 Å². The number of nitrogens with one attached hydrogen (secondary N) is 1. The standard InChI is InChI=1S/C19H23N5O2S2/c1-27-19-22-21-17(24(19)13-6-2-3-7-13)9-4-10-20-18(25)14-12-15(26-23-14)16-8-5-11-28-16/h5,8,11-13H,2-4,6-7,9-10H2,1H3,(H,20,25). The molecule has 3 aromatic heterocycles. The molecule has 0 aliphatic heterocycles. The van der Waals surface area contributed by atoms with E-state index in [1.54, 1.807) is 29.2 Å². The number of amides is 1. The van der Waals surface area contributed by atoms with Crippen LogP contribution in [0, 0.1) is 0 Å². The average molecular weight is 418 g/mol. The van der Waals surface area contributed by atoms with Crippen molar-refractivity contribution in [3.8, 4) is 10.6 Å². The minimum absolute atomic E-state index is 0.214. The van der Waals surface area contributed by atoms with Gasteiger partial charge in [0, 0.05) is 25.1 Å². The Morgan fingerprint density at radius 3 is 3.00 bits per heavy atom. The van der Waals surface area contributed by atoms with Crippen molar-refractivity contribution in [2.45, 2.75) is 49.7 Å². The summed E-state index contributed by atoms with van der Waals surface area (Å²) in [5, 5.41) is 18.5. The summed E-state index contributed by atoms with van der Waals surface area (Å²) >= 11 is 3.20. The lowest BCUT2D eigenvalue weighted by Crippen LogP contribution is -2.25. The molecule has 4 rings (SSSR count). The lowest BCUT2D eigenvalue weighted by Gasteiger charge is -2.16. The van der Waals surface area contributed by atoms with Crippen molar-refractivity contribution in [3.63, 3.8) is 0 Å². The van der Waals surface area contributed by atoms with Crippen molar-refractivity contribution >= 4 is 29.0 Å². The van der Waals surface area contributed by atoms with Crippen LogP contribution in [0.3, 0.4) is 0 Å². The van der Waals surface area contributed by atoms with Crippen LogP contribution in [-0.4, -0.2) is 38.6 Å². The first-order valence-corrected chi connectivity index (χ1v) is 11.6. The number of hydrogen-bond donors (Lipinski definition) is 1. The number of aryl methyl sites for hydroxylation is 1. The summed E-state index contributed by atoms with van der Waals surface area (Å²) in [4.78, 5) is 13.3. The average Bonchev–Trinajstić information content (AvgIpc) is 3.49. The summed E-state index contributed by atoms with van der Waals surface area (Å²) in [5.41, 5.74) is 0.308. The second kappa shape index (κ2) is 8.91. The van der Waals surface area contributed by atoms with Gasteiger partial charge in [0.25, 0.3) is 5.91 Å². The van der Waals surface area contributed by atoms with Crippen molar-refractivity contribution in [2.24, 2.45) is 0 Å². The number of carbonyl (C=O) groups is 1. The third kappa shape index (κ3) is 4.15. The minimum atomic E-state index is -0.214. The molecule has 3 heterocycles. The normalized spacial score (nSPS) is 14.6. The minimum Gasteiger partial charge on any atom is -0.355 e. The Hall–Kier alpha value is -2.13. The molecule has 0 aromatic carbocycles. The zero-order valence-electron chi connectivity index (χ0n) is 15.8. The van der Waals surface area contributed by atoms with Gasteiger partial charge in [0.05, 0.1) is 4.88 Å². The Kier molecular flexibility index (Phi) is 6.11. The molecule has 0 spiro atoms. The number of thiophene rings is 1. The molecule has 0 saturated heterocycles. The van der Waals surface area contributed by atoms with Gasteiger partial charge in [0.2, 0.25) is 0 Å². The summed E-state index contributed by atoms with van der Waals surface area (Å²) in [6.45, 7) is 0.562. The van der Waals surface area contributed by atoms with Crippen molar-refractivity contribution in [1.29, 1.82) is 0 Å². The highest BCUT2D eigenvalue weighted by molar-refractivity contribution is 7.98. The topological polar surface area (TPSA) is 85.8 Å². The van der Waals surface area contributed by atoms with Gasteiger partial charge >= 0.3 is 0 Å². The Morgan fingerprint density at radius 2 is 2.25 bits per heavy atom. The van der Waals surface area contributed by atoms with Crippen LogP contribution in [0.1, 0.15) is 54.5 Å². The molecule has 148 valence electrons. The number of hydrogen-bond acceptors (Lipinski definition) is 7. The van der Waals surface area contributed by atoms with E-state index in [0.717, 1.165) is 28.7 Å². The van der Waals surface area contributed by atoms with E-state index in [9.17, 15) is 4.79 Å². The summed E-state index contributed by atoms with van der Waals surface area (Å²) in [6, 6.07) is 6.08. The molecule has 1 amide bonds. The zero-order valence-corrected chi connectivity index (χ0v) is 17.4. The van der Waals surface area contributed by atoms with Crippen molar-refractivity contribution in [2.75, 3.05) is 12.8 Å². The summed E-state index contributed by atoms with van der Waals surface area (Å²) in [5.74, 6) is 1.43. The van der Waals surface area contributed by atoms with E-state index in [4.69, 9.17) is 4.52 Å². The van der Waals surface area contributed by atoms with Crippen LogP contribution in [0.15, 0.2) is 33.3 Å². The predicted molar refractivity (Wildman–Crippen MR) is 110 cm³/mol. The number of thioether (sulfide) groups is 1. The molecular formula is C19H23N5O2S2. The van der Waals surface area contributed by atoms with Gasteiger partial charge in [-0.1, -0.05) is 35.8 Å². The third-order valence-corrected chi connectivity index (χ3v) is 6.51. The van der Waals surface area contributed by atoms with E-state index in [0.29, 0.717) is 24.0 Å². The molecule has 1 fully saturated rings. The molecule has 0 bridgehead atoms. The lowest BCUT2D eigenvalue weighted by molar-refractivity contribution is 0.0944. The summed E-state index contributed by atoms with van der Waals surface area (Å²) in [6.07, 6.45) is 8.60. The molecule has 3 aromatic rings. The van der Waals surface area contributed by atoms with Crippen LogP contribution >= 0.6 is 23.1 Å². The van der Waals surface area contributed by atoms with Crippen LogP contribution in [0.5, 0.6) is 0 Å². The number of carbonyl (C=O) groups excluding carboxylic acids is 1. The molecule has 0 atom stereocenters. The first-order valence-electron chi connectivity index (χ1n) is 9.53. The van der Waals surface area contributed by atoms with E-state index in [1.807, 2.05) is 23.8 Å². The largest absolute Gasteiger partial charge is 0.355 e. The molecule has 1 N–H and O–H groups in total. The van der Waals surface area contributed by atoms with Gasteiger partial charge in [-0.2, -0.15) is 0 Å². The summed E-state index contributed by atoms with van der Waals surface area (Å²) in [7, 11) is 0. The highest BCUT2D eigenvalue weighted by Crippen LogP contribution is 2.33. The Labute approximate surface area is 171 Å². The van der Waals surface area contributed by atoms with Gasteiger partial charge in [0.15, 0.2) is 16.6 Å². The van der Waals surface area contributed by atoms with E-state index in [1.165, 1.54) is 25.7 Å². The van der Waals surface area contributed by atoms with Crippen LogP contribution in [0.2, 0.25) is 0 Å². The van der Waals surface area contributed by atoms with Crippen molar-refractivity contribution < 1.29 is 9.32 Å². The highest BCUT2D eigenvalue weighted by atomic mass is 32.2. The zero-order chi connectivity index (χ0) is 19.3. The van der Waals surface area contributed by atoms with Gasteiger partial charge in [-0.05, 0) is 37.0 Å². The second-order valence-electron chi connectivity index (χ2n) is 6.82.